The standard InChI is InChI=1S/C9H18N4O/c1-8(14)9-2-5-13(6-3-9)7-4-11-12-10/h8-9,14H,2-7H2,1H3/t8-/m0/s1. The van der Waals surface area contributed by atoms with Crippen molar-refractivity contribution in [2.75, 3.05) is 26.2 Å². The highest BCUT2D eigenvalue weighted by atomic mass is 16.3. The van der Waals surface area contributed by atoms with Gasteiger partial charge >= 0.3 is 0 Å². The largest absolute Gasteiger partial charge is 0.393 e. The Bertz CT molecular complexity index is 205. The van der Waals surface area contributed by atoms with Gasteiger partial charge in [-0.2, -0.15) is 0 Å². The molecule has 5 heteroatoms. The number of rotatable bonds is 4. The van der Waals surface area contributed by atoms with Crippen molar-refractivity contribution >= 4 is 0 Å². The van der Waals surface area contributed by atoms with Crippen molar-refractivity contribution in [1.29, 1.82) is 0 Å². The number of hydrogen-bond donors (Lipinski definition) is 1. The maximum absolute atomic E-state index is 9.39. The lowest BCUT2D eigenvalue weighted by molar-refractivity contribution is 0.0729. The molecule has 1 atom stereocenters. The summed E-state index contributed by atoms with van der Waals surface area (Å²) in [6.45, 7) is 5.28. The summed E-state index contributed by atoms with van der Waals surface area (Å²) in [6.07, 6.45) is 1.91. The summed E-state index contributed by atoms with van der Waals surface area (Å²) < 4.78 is 0. The van der Waals surface area contributed by atoms with Gasteiger partial charge in [-0.15, -0.1) is 0 Å². The van der Waals surface area contributed by atoms with Gasteiger partial charge in [0.05, 0.1) is 6.10 Å². The normalized spacial score (nSPS) is 21.6. The van der Waals surface area contributed by atoms with Crippen LogP contribution in [-0.2, 0) is 0 Å². The van der Waals surface area contributed by atoms with Gasteiger partial charge in [-0.3, -0.25) is 0 Å². The van der Waals surface area contributed by atoms with E-state index in [1.165, 1.54) is 0 Å². The summed E-state index contributed by atoms with van der Waals surface area (Å²) in [5.74, 6) is 0.450. The van der Waals surface area contributed by atoms with E-state index in [1.807, 2.05) is 6.92 Å². The Morgan fingerprint density at radius 2 is 2.21 bits per heavy atom. The molecule has 0 bridgehead atoms. The third-order valence-corrected chi connectivity index (χ3v) is 2.89. The molecule has 0 aliphatic carbocycles. The summed E-state index contributed by atoms with van der Waals surface area (Å²) in [4.78, 5) is 5.01. The molecular weight excluding hydrogens is 180 g/mol. The van der Waals surface area contributed by atoms with E-state index >= 15 is 0 Å². The fourth-order valence-corrected chi connectivity index (χ4v) is 1.89. The molecule has 1 N–H and O–H groups in total. The van der Waals surface area contributed by atoms with Crippen molar-refractivity contribution in [2.24, 2.45) is 11.0 Å². The molecule has 14 heavy (non-hydrogen) atoms. The van der Waals surface area contributed by atoms with Gasteiger partial charge in [0.2, 0.25) is 0 Å². The van der Waals surface area contributed by atoms with Crippen LogP contribution in [0.15, 0.2) is 5.11 Å². The van der Waals surface area contributed by atoms with E-state index in [9.17, 15) is 5.11 Å². The van der Waals surface area contributed by atoms with Crippen molar-refractivity contribution < 1.29 is 5.11 Å². The second-order valence-corrected chi connectivity index (χ2v) is 3.87. The number of hydrogen-bond acceptors (Lipinski definition) is 3. The molecule has 80 valence electrons. The van der Waals surface area contributed by atoms with Crippen LogP contribution in [0.4, 0.5) is 0 Å². The third-order valence-electron chi connectivity index (χ3n) is 2.89. The molecule has 0 aromatic heterocycles. The highest BCUT2D eigenvalue weighted by Gasteiger charge is 2.21. The van der Waals surface area contributed by atoms with E-state index in [1.54, 1.807) is 0 Å². The molecule has 0 unspecified atom stereocenters. The maximum atomic E-state index is 9.39. The molecule has 0 amide bonds. The van der Waals surface area contributed by atoms with Crippen molar-refractivity contribution in [3.8, 4) is 0 Å². The average Bonchev–Trinajstić information content (AvgIpc) is 2.19. The van der Waals surface area contributed by atoms with Crippen molar-refractivity contribution in [3.63, 3.8) is 0 Å². The average molecular weight is 198 g/mol. The maximum Gasteiger partial charge on any atom is 0.0541 e. The SMILES string of the molecule is C[C@H](O)C1CCN(CCN=[N+]=[N-])CC1. The highest BCUT2D eigenvalue weighted by molar-refractivity contribution is 4.75. The summed E-state index contributed by atoms with van der Waals surface area (Å²) in [5.41, 5.74) is 8.12. The summed E-state index contributed by atoms with van der Waals surface area (Å²) in [5, 5.41) is 12.9. The summed E-state index contributed by atoms with van der Waals surface area (Å²) in [7, 11) is 0. The predicted octanol–water partition coefficient (Wildman–Crippen LogP) is 1.39. The summed E-state index contributed by atoms with van der Waals surface area (Å²) in [6, 6.07) is 0. The lowest BCUT2D eigenvalue weighted by Crippen LogP contribution is -2.38. The van der Waals surface area contributed by atoms with Gasteiger partial charge in [-0.05, 0) is 44.3 Å². The van der Waals surface area contributed by atoms with Crippen molar-refractivity contribution in [3.05, 3.63) is 10.4 Å². The first-order valence-corrected chi connectivity index (χ1v) is 5.15. The lowest BCUT2D eigenvalue weighted by atomic mass is 9.92. The minimum Gasteiger partial charge on any atom is -0.393 e. The van der Waals surface area contributed by atoms with Crippen molar-refractivity contribution in [2.45, 2.75) is 25.9 Å². The van der Waals surface area contributed by atoms with Gasteiger partial charge in [0.15, 0.2) is 0 Å². The van der Waals surface area contributed by atoms with E-state index in [0.29, 0.717) is 12.5 Å². The fourth-order valence-electron chi connectivity index (χ4n) is 1.89. The second-order valence-electron chi connectivity index (χ2n) is 3.87. The Hall–Kier alpha value is -0.770. The smallest absolute Gasteiger partial charge is 0.0541 e. The molecule has 0 saturated carbocycles. The second kappa shape index (κ2) is 5.86. The molecule has 0 radical (unpaired) electrons. The Balaban J connectivity index is 2.18. The first-order chi connectivity index (χ1) is 6.74. The van der Waals surface area contributed by atoms with Crippen LogP contribution >= 0.6 is 0 Å². The number of aliphatic hydroxyl groups is 1. The van der Waals surface area contributed by atoms with Crippen LogP contribution in [0.1, 0.15) is 19.8 Å². The number of nitrogens with zero attached hydrogens (tertiary/aromatic N) is 4. The molecular formula is C9H18N4O. The van der Waals surface area contributed by atoms with Crippen LogP contribution in [0, 0.1) is 5.92 Å². The monoisotopic (exact) mass is 198 g/mol. The van der Waals surface area contributed by atoms with E-state index in [4.69, 9.17) is 5.53 Å². The topological polar surface area (TPSA) is 72.2 Å². The molecule has 1 fully saturated rings. The molecule has 1 aliphatic rings. The zero-order valence-electron chi connectivity index (χ0n) is 8.63. The van der Waals surface area contributed by atoms with Gasteiger partial charge in [0, 0.05) is 18.0 Å². The predicted molar refractivity (Wildman–Crippen MR) is 54.9 cm³/mol. The lowest BCUT2D eigenvalue weighted by Gasteiger charge is -2.32. The molecule has 1 saturated heterocycles. The van der Waals surface area contributed by atoms with E-state index < -0.39 is 0 Å². The Kier molecular flexibility index (Phi) is 4.73. The third kappa shape index (κ3) is 3.54. The Morgan fingerprint density at radius 3 is 2.71 bits per heavy atom. The van der Waals surface area contributed by atoms with Crippen molar-refractivity contribution in [1.82, 2.24) is 4.90 Å². The number of aliphatic hydroxyl groups excluding tert-OH is 1. The first-order valence-electron chi connectivity index (χ1n) is 5.15. The van der Waals surface area contributed by atoms with Crippen LogP contribution in [0.5, 0.6) is 0 Å². The molecule has 1 rings (SSSR count). The summed E-state index contributed by atoms with van der Waals surface area (Å²) >= 11 is 0. The van der Waals surface area contributed by atoms with Crippen LogP contribution in [-0.4, -0.2) is 42.3 Å². The van der Waals surface area contributed by atoms with Crippen LogP contribution in [0.25, 0.3) is 10.4 Å². The minimum absolute atomic E-state index is 0.186. The fraction of sp³-hybridized carbons (Fsp3) is 1.00. The van der Waals surface area contributed by atoms with Gasteiger partial charge in [-0.1, -0.05) is 5.11 Å². The highest BCUT2D eigenvalue weighted by Crippen LogP contribution is 2.19. The number of likely N-dealkylation sites (tertiary alicyclic amines) is 1. The molecule has 1 aliphatic heterocycles. The van der Waals surface area contributed by atoms with Gasteiger partial charge in [0.25, 0.3) is 0 Å². The Morgan fingerprint density at radius 1 is 1.57 bits per heavy atom. The van der Waals surface area contributed by atoms with E-state index in [-0.39, 0.29) is 6.10 Å². The number of piperidine rings is 1. The first kappa shape index (κ1) is 11.3. The Labute approximate surface area is 84.3 Å². The zero-order valence-corrected chi connectivity index (χ0v) is 8.63. The van der Waals surface area contributed by atoms with Crippen LogP contribution in [0.2, 0.25) is 0 Å². The zero-order chi connectivity index (χ0) is 10.4. The molecule has 1 heterocycles. The number of azide groups is 1. The minimum atomic E-state index is -0.186. The quantitative estimate of drug-likeness (QED) is 0.421. The molecule has 0 spiro atoms. The van der Waals surface area contributed by atoms with Crippen LogP contribution < -0.4 is 0 Å². The van der Waals surface area contributed by atoms with Gasteiger partial charge < -0.3 is 10.0 Å². The molecule has 5 nitrogen and oxygen atoms in total. The molecule has 0 aromatic rings. The van der Waals surface area contributed by atoms with Crippen LogP contribution in [0.3, 0.4) is 0 Å². The van der Waals surface area contributed by atoms with E-state index in [2.05, 4.69) is 14.9 Å². The van der Waals surface area contributed by atoms with Gasteiger partial charge in [0.1, 0.15) is 0 Å². The van der Waals surface area contributed by atoms with E-state index in [0.717, 1.165) is 32.5 Å². The molecule has 0 aromatic carbocycles. The van der Waals surface area contributed by atoms with Gasteiger partial charge in [-0.25, -0.2) is 0 Å².